The number of hydrogen-bond acceptors (Lipinski definition) is 3. The zero-order chi connectivity index (χ0) is 14.5. The lowest BCUT2D eigenvalue weighted by Gasteiger charge is -2.47. The van der Waals surface area contributed by atoms with E-state index in [0.29, 0.717) is 13.0 Å². The molecule has 1 fully saturated rings. The van der Waals surface area contributed by atoms with E-state index in [4.69, 9.17) is 5.73 Å². The summed E-state index contributed by atoms with van der Waals surface area (Å²) in [5.74, 6) is 0.179. The first kappa shape index (κ1) is 16.4. The minimum atomic E-state index is 0.168. The van der Waals surface area contributed by atoms with Crippen LogP contribution in [0.3, 0.4) is 0 Å². The van der Waals surface area contributed by atoms with Gasteiger partial charge in [0, 0.05) is 18.5 Å². The molecule has 0 atom stereocenters. The first-order valence-electron chi connectivity index (χ1n) is 7.46. The lowest BCUT2D eigenvalue weighted by molar-refractivity contribution is -0.122. The second-order valence-electron chi connectivity index (χ2n) is 6.95. The van der Waals surface area contributed by atoms with Crippen LogP contribution in [0.15, 0.2) is 0 Å². The third-order valence-corrected chi connectivity index (χ3v) is 4.70. The summed E-state index contributed by atoms with van der Waals surface area (Å²) < 4.78 is 0. The highest BCUT2D eigenvalue weighted by Gasteiger charge is 2.39. The minimum absolute atomic E-state index is 0.168. The van der Waals surface area contributed by atoms with Crippen LogP contribution >= 0.6 is 0 Å². The molecule has 19 heavy (non-hydrogen) atoms. The number of rotatable bonds is 8. The van der Waals surface area contributed by atoms with E-state index in [1.165, 1.54) is 19.3 Å². The Hall–Kier alpha value is -0.610. The summed E-state index contributed by atoms with van der Waals surface area (Å²) in [5, 5.41) is 3.11. The SMILES string of the molecule is CN(C)C1(CNC(=O)CCC(C)(C)CCN)CCC1. The van der Waals surface area contributed by atoms with Crippen molar-refractivity contribution >= 4 is 5.91 Å². The molecule has 1 aliphatic carbocycles. The van der Waals surface area contributed by atoms with Crippen LogP contribution in [0.2, 0.25) is 0 Å². The van der Waals surface area contributed by atoms with Crippen LogP contribution in [-0.4, -0.2) is 43.5 Å². The Morgan fingerprint density at radius 3 is 2.37 bits per heavy atom. The summed E-state index contributed by atoms with van der Waals surface area (Å²) in [6.07, 6.45) is 6.15. The van der Waals surface area contributed by atoms with Gasteiger partial charge < -0.3 is 16.0 Å². The molecule has 0 spiro atoms. The predicted molar refractivity (Wildman–Crippen MR) is 80.0 cm³/mol. The zero-order valence-corrected chi connectivity index (χ0v) is 13.1. The fourth-order valence-corrected chi connectivity index (χ4v) is 2.69. The summed E-state index contributed by atoms with van der Waals surface area (Å²) in [5.41, 5.74) is 5.97. The maximum atomic E-state index is 11.9. The average Bonchev–Trinajstić information content (AvgIpc) is 2.24. The first-order chi connectivity index (χ1) is 8.81. The van der Waals surface area contributed by atoms with Gasteiger partial charge in [-0.25, -0.2) is 0 Å². The van der Waals surface area contributed by atoms with Crippen LogP contribution in [-0.2, 0) is 4.79 Å². The Labute approximate surface area is 118 Å². The molecule has 3 N–H and O–H groups in total. The van der Waals surface area contributed by atoms with Crippen LogP contribution in [0.4, 0.5) is 0 Å². The van der Waals surface area contributed by atoms with Crippen molar-refractivity contribution in [2.75, 3.05) is 27.2 Å². The number of carbonyl (C=O) groups excluding carboxylic acids is 1. The van der Waals surface area contributed by atoms with Crippen molar-refractivity contribution in [3.05, 3.63) is 0 Å². The lowest BCUT2D eigenvalue weighted by Crippen LogP contribution is -2.57. The number of nitrogens with one attached hydrogen (secondary N) is 1. The van der Waals surface area contributed by atoms with Gasteiger partial charge in [-0.2, -0.15) is 0 Å². The standard InChI is InChI=1S/C15H31N3O/c1-14(2,10-11-16)9-6-13(19)17-12-15(18(3)4)7-5-8-15/h5-12,16H2,1-4H3,(H,17,19). The Kier molecular flexibility index (Phi) is 5.81. The minimum Gasteiger partial charge on any atom is -0.354 e. The number of nitrogens with two attached hydrogens (primary N) is 1. The van der Waals surface area contributed by atoms with Gasteiger partial charge in [-0.05, 0) is 58.2 Å². The molecule has 1 saturated carbocycles. The molecule has 0 aliphatic heterocycles. The number of likely N-dealkylation sites (N-methyl/N-ethyl adjacent to an activating group) is 1. The summed E-state index contributed by atoms with van der Waals surface area (Å²) in [6.45, 7) is 5.84. The maximum Gasteiger partial charge on any atom is 0.220 e. The van der Waals surface area contributed by atoms with Crippen LogP contribution in [0.25, 0.3) is 0 Å². The molecule has 112 valence electrons. The zero-order valence-electron chi connectivity index (χ0n) is 13.1. The molecule has 4 heteroatoms. The van der Waals surface area contributed by atoms with Gasteiger partial charge >= 0.3 is 0 Å². The Bertz CT molecular complexity index is 296. The molecule has 4 nitrogen and oxygen atoms in total. The molecule has 0 aromatic heterocycles. The largest absolute Gasteiger partial charge is 0.354 e. The molecule has 0 radical (unpaired) electrons. The fourth-order valence-electron chi connectivity index (χ4n) is 2.69. The van der Waals surface area contributed by atoms with Gasteiger partial charge in [-0.3, -0.25) is 4.79 Å². The van der Waals surface area contributed by atoms with Gasteiger partial charge in [0.25, 0.3) is 0 Å². The molecule has 1 rings (SSSR count). The number of carbonyl (C=O) groups is 1. The van der Waals surface area contributed by atoms with Crippen LogP contribution in [0.1, 0.15) is 52.4 Å². The van der Waals surface area contributed by atoms with Gasteiger partial charge in [0.2, 0.25) is 5.91 Å². The Morgan fingerprint density at radius 2 is 1.95 bits per heavy atom. The van der Waals surface area contributed by atoms with Crippen molar-refractivity contribution in [3.63, 3.8) is 0 Å². The van der Waals surface area contributed by atoms with E-state index in [1.807, 2.05) is 0 Å². The molecular formula is C15H31N3O. The lowest BCUT2D eigenvalue weighted by atomic mass is 9.75. The van der Waals surface area contributed by atoms with E-state index in [9.17, 15) is 4.79 Å². The average molecular weight is 269 g/mol. The highest BCUT2D eigenvalue weighted by atomic mass is 16.1. The molecular weight excluding hydrogens is 238 g/mol. The van der Waals surface area contributed by atoms with Gasteiger partial charge in [0.15, 0.2) is 0 Å². The molecule has 1 amide bonds. The highest BCUT2D eigenvalue weighted by molar-refractivity contribution is 5.76. The van der Waals surface area contributed by atoms with Crippen molar-refractivity contribution in [2.24, 2.45) is 11.1 Å². The van der Waals surface area contributed by atoms with Crippen LogP contribution in [0, 0.1) is 5.41 Å². The molecule has 0 saturated heterocycles. The first-order valence-corrected chi connectivity index (χ1v) is 7.46. The van der Waals surface area contributed by atoms with Gasteiger partial charge in [-0.15, -0.1) is 0 Å². The monoisotopic (exact) mass is 269 g/mol. The van der Waals surface area contributed by atoms with E-state index < -0.39 is 0 Å². The van der Waals surface area contributed by atoms with Crippen LogP contribution in [0.5, 0.6) is 0 Å². The summed E-state index contributed by atoms with van der Waals surface area (Å²) in [6, 6.07) is 0. The topological polar surface area (TPSA) is 58.4 Å². The summed E-state index contributed by atoms with van der Waals surface area (Å²) in [4.78, 5) is 14.2. The Balaban J connectivity index is 2.28. The van der Waals surface area contributed by atoms with Crippen molar-refractivity contribution < 1.29 is 4.79 Å². The predicted octanol–water partition coefficient (Wildman–Crippen LogP) is 1.74. The van der Waals surface area contributed by atoms with Crippen molar-refractivity contribution in [3.8, 4) is 0 Å². The molecule has 1 aliphatic rings. The smallest absolute Gasteiger partial charge is 0.220 e. The second kappa shape index (κ2) is 6.71. The van der Waals surface area contributed by atoms with E-state index in [0.717, 1.165) is 19.4 Å². The molecule has 0 aromatic rings. The van der Waals surface area contributed by atoms with Gasteiger partial charge in [-0.1, -0.05) is 13.8 Å². The summed E-state index contributed by atoms with van der Waals surface area (Å²) in [7, 11) is 4.21. The normalized spacial score (nSPS) is 18.2. The van der Waals surface area contributed by atoms with E-state index in [-0.39, 0.29) is 16.9 Å². The van der Waals surface area contributed by atoms with Crippen molar-refractivity contribution in [1.82, 2.24) is 10.2 Å². The highest BCUT2D eigenvalue weighted by Crippen LogP contribution is 2.35. The second-order valence-corrected chi connectivity index (χ2v) is 6.95. The van der Waals surface area contributed by atoms with E-state index in [1.54, 1.807) is 0 Å². The molecule has 0 bridgehead atoms. The van der Waals surface area contributed by atoms with Gasteiger partial charge in [0.05, 0.1) is 0 Å². The number of amides is 1. The van der Waals surface area contributed by atoms with E-state index >= 15 is 0 Å². The van der Waals surface area contributed by atoms with Crippen molar-refractivity contribution in [2.45, 2.75) is 57.9 Å². The third-order valence-electron chi connectivity index (χ3n) is 4.70. The summed E-state index contributed by atoms with van der Waals surface area (Å²) >= 11 is 0. The van der Waals surface area contributed by atoms with Gasteiger partial charge in [0.1, 0.15) is 0 Å². The van der Waals surface area contributed by atoms with Crippen molar-refractivity contribution in [1.29, 1.82) is 0 Å². The van der Waals surface area contributed by atoms with Crippen LogP contribution < -0.4 is 11.1 Å². The van der Waals surface area contributed by atoms with E-state index in [2.05, 4.69) is 38.2 Å². The maximum absolute atomic E-state index is 11.9. The molecule has 0 heterocycles. The Morgan fingerprint density at radius 1 is 1.32 bits per heavy atom. The number of nitrogens with zero attached hydrogens (tertiary/aromatic N) is 1. The molecule has 0 aromatic carbocycles. The molecule has 0 unspecified atom stereocenters. The quantitative estimate of drug-likeness (QED) is 0.706. The fraction of sp³-hybridized carbons (Fsp3) is 0.933. The number of hydrogen-bond donors (Lipinski definition) is 2. The third kappa shape index (κ3) is 4.77.